The summed E-state index contributed by atoms with van der Waals surface area (Å²) in [5.41, 5.74) is 2.88. The van der Waals surface area contributed by atoms with Crippen molar-refractivity contribution in [3.63, 3.8) is 0 Å². The summed E-state index contributed by atoms with van der Waals surface area (Å²) >= 11 is 0. The van der Waals surface area contributed by atoms with E-state index in [0.717, 1.165) is 18.9 Å². The van der Waals surface area contributed by atoms with Gasteiger partial charge in [0.15, 0.2) is 0 Å². The highest BCUT2D eigenvalue weighted by Crippen LogP contribution is 2.29. The van der Waals surface area contributed by atoms with Crippen LogP contribution < -0.4 is 5.32 Å². The summed E-state index contributed by atoms with van der Waals surface area (Å²) in [5, 5.41) is 13.6. The second kappa shape index (κ2) is 7.39. The number of aliphatic hydroxyl groups is 1. The van der Waals surface area contributed by atoms with Gasteiger partial charge in [-0.05, 0) is 49.1 Å². The first kappa shape index (κ1) is 15.0. The Morgan fingerprint density at radius 2 is 2.05 bits per heavy atom. The average molecular weight is 289 g/mol. The van der Waals surface area contributed by atoms with E-state index in [1.165, 1.54) is 43.2 Å². The second-order valence-electron chi connectivity index (χ2n) is 6.54. The molecule has 2 unspecified atom stereocenters. The molecular weight excluding hydrogens is 262 g/mol. The Balaban J connectivity index is 1.47. The molecule has 0 bridgehead atoms. The minimum atomic E-state index is -0.404. The van der Waals surface area contributed by atoms with Crippen LogP contribution >= 0.6 is 0 Å². The van der Waals surface area contributed by atoms with Gasteiger partial charge in [-0.15, -0.1) is 0 Å². The number of aryl methyl sites for hydroxylation is 1. The van der Waals surface area contributed by atoms with Crippen LogP contribution in [0.3, 0.4) is 0 Å². The lowest BCUT2D eigenvalue weighted by Crippen LogP contribution is -2.33. The fourth-order valence-corrected chi connectivity index (χ4v) is 3.13. The first-order valence-corrected chi connectivity index (χ1v) is 8.40. The van der Waals surface area contributed by atoms with Crippen molar-refractivity contribution in [2.45, 2.75) is 50.7 Å². The molecule has 3 heteroatoms. The van der Waals surface area contributed by atoms with Gasteiger partial charge in [-0.2, -0.15) is 0 Å². The van der Waals surface area contributed by atoms with Crippen molar-refractivity contribution in [3.05, 3.63) is 35.4 Å². The summed E-state index contributed by atoms with van der Waals surface area (Å²) in [6.07, 6.45) is 7.05. The van der Waals surface area contributed by atoms with Crippen LogP contribution in [0.4, 0.5) is 0 Å². The molecule has 3 rings (SSSR count). The number of aliphatic hydroxyl groups excluding tert-OH is 1. The van der Waals surface area contributed by atoms with Crippen LogP contribution in [0.5, 0.6) is 0 Å². The van der Waals surface area contributed by atoms with Crippen LogP contribution in [-0.2, 0) is 11.2 Å². The standard InChI is InChI=1S/C18H27NO2/c20-16(13-21-12-14-9-10-14)11-19-18-8-4-2-6-15-5-1-3-7-17(15)18/h1,3,5,7,14,16,18-20H,2,4,6,8-13H2. The molecule has 0 aromatic heterocycles. The van der Waals surface area contributed by atoms with Crippen LogP contribution in [0.25, 0.3) is 0 Å². The summed E-state index contributed by atoms with van der Waals surface area (Å²) in [4.78, 5) is 0. The number of hydrogen-bond acceptors (Lipinski definition) is 3. The van der Waals surface area contributed by atoms with E-state index in [4.69, 9.17) is 4.74 Å². The zero-order valence-corrected chi connectivity index (χ0v) is 12.8. The molecule has 2 atom stereocenters. The van der Waals surface area contributed by atoms with Crippen LogP contribution in [0.2, 0.25) is 0 Å². The van der Waals surface area contributed by atoms with E-state index in [1.807, 2.05) is 0 Å². The molecule has 2 aliphatic rings. The van der Waals surface area contributed by atoms with Crippen molar-refractivity contribution in [2.75, 3.05) is 19.8 Å². The molecule has 1 aromatic rings. The number of benzene rings is 1. The van der Waals surface area contributed by atoms with Gasteiger partial charge in [-0.3, -0.25) is 0 Å². The van der Waals surface area contributed by atoms with E-state index >= 15 is 0 Å². The second-order valence-corrected chi connectivity index (χ2v) is 6.54. The number of fused-ring (bicyclic) bond motifs is 1. The SMILES string of the molecule is OC(CNC1CCCCc2ccccc21)COCC1CC1. The van der Waals surface area contributed by atoms with Gasteiger partial charge in [0.1, 0.15) is 0 Å². The monoisotopic (exact) mass is 289 g/mol. The van der Waals surface area contributed by atoms with Crippen LogP contribution in [0, 0.1) is 5.92 Å². The van der Waals surface area contributed by atoms with E-state index in [-0.39, 0.29) is 0 Å². The molecule has 3 nitrogen and oxygen atoms in total. The first-order valence-electron chi connectivity index (χ1n) is 8.40. The molecule has 0 saturated heterocycles. The molecule has 21 heavy (non-hydrogen) atoms. The molecule has 1 aromatic carbocycles. The normalized spacial score (nSPS) is 23.4. The maximum atomic E-state index is 10.0. The van der Waals surface area contributed by atoms with Crippen molar-refractivity contribution >= 4 is 0 Å². The molecule has 0 radical (unpaired) electrons. The number of hydrogen-bond donors (Lipinski definition) is 2. The van der Waals surface area contributed by atoms with Gasteiger partial charge in [-0.1, -0.05) is 30.7 Å². The molecule has 0 aliphatic heterocycles. The van der Waals surface area contributed by atoms with Crippen molar-refractivity contribution < 1.29 is 9.84 Å². The van der Waals surface area contributed by atoms with E-state index in [2.05, 4.69) is 29.6 Å². The van der Waals surface area contributed by atoms with Gasteiger partial charge in [0.2, 0.25) is 0 Å². The third kappa shape index (κ3) is 4.53. The fourth-order valence-electron chi connectivity index (χ4n) is 3.13. The topological polar surface area (TPSA) is 41.5 Å². The molecule has 1 saturated carbocycles. The summed E-state index contributed by atoms with van der Waals surface area (Å²) in [5.74, 6) is 0.763. The minimum absolute atomic E-state index is 0.377. The highest BCUT2D eigenvalue weighted by Gasteiger charge is 2.22. The molecule has 2 N–H and O–H groups in total. The average Bonchev–Trinajstić information content (AvgIpc) is 3.32. The smallest absolute Gasteiger partial charge is 0.0897 e. The molecule has 0 amide bonds. The Hall–Kier alpha value is -0.900. The van der Waals surface area contributed by atoms with Crippen molar-refractivity contribution in [2.24, 2.45) is 5.92 Å². The van der Waals surface area contributed by atoms with Crippen LogP contribution in [-0.4, -0.2) is 31.0 Å². The van der Waals surface area contributed by atoms with Gasteiger partial charge < -0.3 is 15.2 Å². The Kier molecular flexibility index (Phi) is 5.28. The maximum Gasteiger partial charge on any atom is 0.0897 e. The van der Waals surface area contributed by atoms with Crippen molar-refractivity contribution in [1.82, 2.24) is 5.32 Å². The zero-order chi connectivity index (χ0) is 14.5. The van der Waals surface area contributed by atoms with Gasteiger partial charge in [0.05, 0.1) is 12.7 Å². The third-order valence-corrected chi connectivity index (χ3v) is 4.58. The minimum Gasteiger partial charge on any atom is -0.389 e. The van der Waals surface area contributed by atoms with E-state index in [1.54, 1.807) is 0 Å². The predicted octanol–water partition coefficient (Wildman–Crippen LogP) is 2.83. The Morgan fingerprint density at radius 3 is 2.90 bits per heavy atom. The molecule has 0 spiro atoms. The zero-order valence-electron chi connectivity index (χ0n) is 12.8. The van der Waals surface area contributed by atoms with Crippen molar-refractivity contribution in [3.8, 4) is 0 Å². The van der Waals surface area contributed by atoms with Gasteiger partial charge >= 0.3 is 0 Å². The summed E-state index contributed by atoms with van der Waals surface area (Å²) in [7, 11) is 0. The molecule has 2 aliphatic carbocycles. The fraction of sp³-hybridized carbons (Fsp3) is 0.667. The Bertz CT molecular complexity index is 445. The Morgan fingerprint density at radius 1 is 1.19 bits per heavy atom. The van der Waals surface area contributed by atoms with Crippen LogP contribution in [0.15, 0.2) is 24.3 Å². The van der Waals surface area contributed by atoms with Crippen molar-refractivity contribution in [1.29, 1.82) is 0 Å². The van der Waals surface area contributed by atoms with E-state index in [9.17, 15) is 5.11 Å². The van der Waals surface area contributed by atoms with Crippen LogP contribution in [0.1, 0.15) is 49.3 Å². The first-order chi connectivity index (χ1) is 10.3. The molecule has 0 heterocycles. The molecule has 116 valence electrons. The number of nitrogens with one attached hydrogen (secondary N) is 1. The number of ether oxygens (including phenoxy) is 1. The number of rotatable bonds is 7. The van der Waals surface area contributed by atoms with Gasteiger partial charge in [0, 0.05) is 19.2 Å². The summed E-state index contributed by atoms with van der Waals surface area (Å²) in [6.45, 7) is 1.89. The third-order valence-electron chi connectivity index (χ3n) is 4.58. The van der Waals surface area contributed by atoms with E-state index in [0.29, 0.717) is 19.2 Å². The van der Waals surface area contributed by atoms with Gasteiger partial charge in [0.25, 0.3) is 0 Å². The summed E-state index contributed by atoms with van der Waals surface area (Å²) in [6, 6.07) is 9.09. The summed E-state index contributed by atoms with van der Waals surface area (Å²) < 4.78 is 5.56. The van der Waals surface area contributed by atoms with Gasteiger partial charge in [-0.25, -0.2) is 0 Å². The lowest BCUT2D eigenvalue weighted by atomic mass is 9.99. The molecular formula is C18H27NO2. The highest BCUT2D eigenvalue weighted by molar-refractivity contribution is 5.31. The molecule has 1 fully saturated rings. The predicted molar refractivity (Wildman–Crippen MR) is 84.3 cm³/mol. The maximum absolute atomic E-state index is 10.0. The lowest BCUT2D eigenvalue weighted by Gasteiger charge is -2.21. The lowest BCUT2D eigenvalue weighted by molar-refractivity contribution is 0.0311. The largest absolute Gasteiger partial charge is 0.389 e. The Labute approximate surface area is 127 Å². The quantitative estimate of drug-likeness (QED) is 0.758. The highest BCUT2D eigenvalue weighted by atomic mass is 16.5. The van der Waals surface area contributed by atoms with E-state index < -0.39 is 6.10 Å².